The molecule has 0 radical (unpaired) electrons. The Balaban J connectivity index is 1.63. The van der Waals surface area contributed by atoms with E-state index in [1.54, 1.807) is 11.0 Å². The average Bonchev–Trinajstić information content (AvgIpc) is 3.19. The molecule has 0 aliphatic carbocycles. The van der Waals surface area contributed by atoms with E-state index in [-0.39, 0.29) is 24.2 Å². The summed E-state index contributed by atoms with van der Waals surface area (Å²) >= 11 is 5.98. The summed E-state index contributed by atoms with van der Waals surface area (Å²) in [6.45, 7) is 6.81. The molecule has 0 spiro atoms. The quantitative estimate of drug-likeness (QED) is 0.852. The maximum atomic E-state index is 12.7. The largest absolute Gasteiger partial charge is 0.361 e. The lowest BCUT2D eigenvalue weighted by Gasteiger charge is -2.23. The van der Waals surface area contributed by atoms with Gasteiger partial charge in [-0.05, 0) is 49.4 Å². The minimum Gasteiger partial charge on any atom is -0.361 e. The van der Waals surface area contributed by atoms with Crippen molar-refractivity contribution in [3.8, 4) is 0 Å². The Labute approximate surface area is 163 Å². The van der Waals surface area contributed by atoms with Gasteiger partial charge in [0.1, 0.15) is 11.8 Å². The number of hydrogen-bond acceptors (Lipinski definition) is 4. The lowest BCUT2D eigenvalue weighted by molar-refractivity contribution is -0.138. The van der Waals surface area contributed by atoms with Crippen LogP contribution in [0.4, 0.5) is 0 Å². The Kier molecular flexibility index (Phi) is 5.85. The molecule has 2 amide bonds. The van der Waals surface area contributed by atoms with Gasteiger partial charge in [-0.2, -0.15) is 0 Å². The van der Waals surface area contributed by atoms with Gasteiger partial charge in [-0.15, -0.1) is 0 Å². The maximum absolute atomic E-state index is 12.7. The van der Waals surface area contributed by atoms with Crippen molar-refractivity contribution in [2.45, 2.75) is 46.2 Å². The third-order valence-corrected chi connectivity index (χ3v) is 5.13. The molecule has 2 heterocycles. The van der Waals surface area contributed by atoms with E-state index in [1.165, 1.54) is 0 Å². The first kappa shape index (κ1) is 19.4. The van der Waals surface area contributed by atoms with Crippen LogP contribution in [0.3, 0.4) is 0 Å². The van der Waals surface area contributed by atoms with Crippen LogP contribution in [0.1, 0.15) is 35.9 Å². The highest BCUT2D eigenvalue weighted by molar-refractivity contribution is 6.30. The smallest absolute Gasteiger partial charge is 0.243 e. The van der Waals surface area contributed by atoms with Gasteiger partial charge < -0.3 is 14.7 Å². The number of hydrogen-bond donors (Lipinski definition) is 1. The number of amides is 2. The number of nitrogens with zero attached hydrogens (tertiary/aromatic N) is 2. The molecule has 3 rings (SSSR count). The monoisotopic (exact) mass is 389 g/mol. The highest BCUT2D eigenvalue weighted by Crippen LogP contribution is 2.24. The molecule has 2 aromatic rings. The molecular formula is C20H24ClN3O3. The summed E-state index contributed by atoms with van der Waals surface area (Å²) in [5, 5.41) is 7.44. The number of likely N-dealkylation sites (tertiary alicyclic amines) is 1. The molecule has 2 atom stereocenters. The number of carbonyl (C=O) groups is 2. The number of carbonyl (C=O) groups excluding carboxylic acids is 2. The lowest BCUT2D eigenvalue weighted by Crippen LogP contribution is -2.46. The van der Waals surface area contributed by atoms with Gasteiger partial charge in [0.15, 0.2) is 0 Å². The van der Waals surface area contributed by atoms with Crippen LogP contribution < -0.4 is 5.32 Å². The molecule has 1 aliphatic heterocycles. The summed E-state index contributed by atoms with van der Waals surface area (Å²) in [6, 6.07) is 6.88. The Bertz CT molecular complexity index is 849. The van der Waals surface area contributed by atoms with Gasteiger partial charge in [0.05, 0.1) is 12.1 Å². The fraction of sp³-hybridized carbons (Fsp3) is 0.450. The highest BCUT2D eigenvalue weighted by Gasteiger charge is 2.37. The zero-order chi connectivity index (χ0) is 19.6. The third kappa shape index (κ3) is 4.69. The van der Waals surface area contributed by atoms with E-state index < -0.39 is 6.04 Å². The topological polar surface area (TPSA) is 75.4 Å². The first-order valence-corrected chi connectivity index (χ1v) is 9.45. The molecular weight excluding hydrogens is 366 g/mol. The molecule has 0 bridgehead atoms. The van der Waals surface area contributed by atoms with Crippen molar-refractivity contribution in [1.29, 1.82) is 0 Å². The molecule has 0 saturated carbocycles. The molecule has 27 heavy (non-hydrogen) atoms. The molecule has 144 valence electrons. The number of aromatic nitrogens is 1. The van der Waals surface area contributed by atoms with Crippen molar-refractivity contribution in [2.75, 3.05) is 6.54 Å². The van der Waals surface area contributed by atoms with Gasteiger partial charge in [0, 0.05) is 24.2 Å². The van der Waals surface area contributed by atoms with Gasteiger partial charge in [-0.1, -0.05) is 29.7 Å². The minimum absolute atomic E-state index is 0.113. The van der Waals surface area contributed by atoms with Crippen molar-refractivity contribution < 1.29 is 14.1 Å². The van der Waals surface area contributed by atoms with Gasteiger partial charge >= 0.3 is 0 Å². The third-order valence-electron chi connectivity index (χ3n) is 4.89. The van der Waals surface area contributed by atoms with Crippen molar-refractivity contribution in [2.24, 2.45) is 5.92 Å². The first-order valence-electron chi connectivity index (χ1n) is 9.08. The summed E-state index contributed by atoms with van der Waals surface area (Å²) in [6.07, 6.45) is 0.778. The van der Waals surface area contributed by atoms with Gasteiger partial charge in [0.25, 0.3) is 0 Å². The SMILES string of the molecule is Cc1cc(CC(=O)N2C[C@H](C)C[C@H]2C(=O)NCc2ccc(Cl)cc2C)on1. The fourth-order valence-electron chi connectivity index (χ4n) is 3.48. The van der Waals surface area contributed by atoms with E-state index in [0.717, 1.165) is 16.8 Å². The predicted molar refractivity (Wildman–Crippen MR) is 102 cm³/mol. The number of rotatable bonds is 5. The summed E-state index contributed by atoms with van der Waals surface area (Å²) in [5.74, 6) is 0.556. The second-order valence-electron chi connectivity index (χ2n) is 7.30. The zero-order valence-electron chi connectivity index (χ0n) is 15.8. The Morgan fingerprint density at radius 3 is 2.78 bits per heavy atom. The summed E-state index contributed by atoms with van der Waals surface area (Å²) in [5.41, 5.74) is 2.77. The Hall–Kier alpha value is -2.34. The molecule has 1 aromatic heterocycles. The van der Waals surface area contributed by atoms with Crippen molar-refractivity contribution in [3.05, 3.63) is 51.9 Å². The molecule has 0 unspecified atom stereocenters. The molecule has 1 aromatic carbocycles. The van der Waals surface area contributed by atoms with E-state index in [1.807, 2.05) is 32.0 Å². The standard InChI is InChI=1S/C20H24ClN3O3/c1-12-6-18(20(26)22-10-15-4-5-16(21)7-13(15)2)24(11-12)19(25)9-17-8-14(3)23-27-17/h4-5,7-8,12,18H,6,9-11H2,1-3H3,(H,22,26)/t12-,18+/m1/s1. The van der Waals surface area contributed by atoms with E-state index in [9.17, 15) is 9.59 Å². The Morgan fingerprint density at radius 2 is 2.11 bits per heavy atom. The van der Waals surface area contributed by atoms with Crippen molar-refractivity contribution in [3.63, 3.8) is 0 Å². The van der Waals surface area contributed by atoms with Crippen LogP contribution >= 0.6 is 11.6 Å². The van der Waals surface area contributed by atoms with Crippen LogP contribution in [0, 0.1) is 19.8 Å². The second-order valence-corrected chi connectivity index (χ2v) is 7.74. The molecule has 1 fully saturated rings. The molecule has 1 N–H and O–H groups in total. The second kappa shape index (κ2) is 8.13. The van der Waals surface area contributed by atoms with Crippen LogP contribution in [0.2, 0.25) is 5.02 Å². The van der Waals surface area contributed by atoms with E-state index in [0.29, 0.717) is 30.3 Å². The van der Waals surface area contributed by atoms with E-state index >= 15 is 0 Å². The number of aryl methyl sites for hydroxylation is 2. The first-order chi connectivity index (χ1) is 12.8. The molecule has 1 saturated heterocycles. The minimum atomic E-state index is -0.455. The number of nitrogens with one attached hydrogen (secondary N) is 1. The van der Waals surface area contributed by atoms with Crippen molar-refractivity contribution in [1.82, 2.24) is 15.4 Å². The molecule has 7 heteroatoms. The molecule has 6 nitrogen and oxygen atoms in total. The summed E-state index contributed by atoms with van der Waals surface area (Å²) < 4.78 is 5.14. The summed E-state index contributed by atoms with van der Waals surface area (Å²) in [7, 11) is 0. The number of benzene rings is 1. The lowest BCUT2D eigenvalue weighted by atomic mass is 10.1. The average molecular weight is 390 g/mol. The number of halogens is 1. The van der Waals surface area contributed by atoms with Crippen LogP contribution in [-0.4, -0.2) is 34.5 Å². The normalized spacial score (nSPS) is 19.3. The van der Waals surface area contributed by atoms with E-state index in [4.69, 9.17) is 16.1 Å². The van der Waals surface area contributed by atoms with Crippen LogP contribution in [0.25, 0.3) is 0 Å². The Morgan fingerprint density at radius 1 is 1.33 bits per heavy atom. The van der Waals surface area contributed by atoms with Crippen LogP contribution in [0.15, 0.2) is 28.8 Å². The van der Waals surface area contributed by atoms with Gasteiger partial charge in [-0.3, -0.25) is 9.59 Å². The highest BCUT2D eigenvalue weighted by atomic mass is 35.5. The van der Waals surface area contributed by atoms with Crippen molar-refractivity contribution >= 4 is 23.4 Å². The summed E-state index contributed by atoms with van der Waals surface area (Å²) in [4.78, 5) is 27.1. The van der Waals surface area contributed by atoms with Gasteiger partial charge in [-0.25, -0.2) is 0 Å². The van der Waals surface area contributed by atoms with Crippen LogP contribution in [-0.2, 0) is 22.6 Å². The maximum Gasteiger partial charge on any atom is 0.243 e. The zero-order valence-corrected chi connectivity index (χ0v) is 16.5. The predicted octanol–water partition coefficient (Wildman–Crippen LogP) is 3.04. The fourth-order valence-corrected chi connectivity index (χ4v) is 3.70. The molecule has 1 aliphatic rings. The van der Waals surface area contributed by atoms with Gasteiger partial charge in [0.2, 0.25) is 11.8 Å². The van der Waals surface area contributed by atoms with Crippen LogP contribution in [0.5, 0.6) is 0 Å². The van der Waals surface area contributed by atoms with E-state index in [2.05, 4.69) is 17.4 Å².